The second-order valence-electron chi connectivity index (χ2n) is 11.2. The van der Waals surface area contributed by atoms with E-state index < -0.39 is 29.2 Å². The van der Waals surface area contributed by atoms with Crippen molar-refractivity contribution in [2.24, 2.45) is 5.16 Å². The van der Waals surface area contributed by atoms with Crippen LogP contribution in [0.4, 0.5) is 5.13 Å². The number of β-lactam (4-membered cyclic amide) rings is 1. The molecule has 0 unspecified atom stereocenters. The largest absolute Gasteiger partial charge is 0.497 e. The molecule has 1 aliphatic carbocycles. The molecule has 4 N–H and O–H groups in total. The zero-order chi connectivity index (χ0) is 33.6. The summed E-state index contributed by atoms with van der Waals surface area (Å²) in [5, 5.41) is 8.40. The smallest absolute Gasteiger partial charge is 0.355 e. The number of nitrogens with two attached hydrogens (primary N) is 1. The molecular formula is C32H36N7O6S3+. The average molecular weight is 711 g/mol. The molecule has 2 amide bonds. The third kappa shape index (κ3) is 7.55. The SMILES string of the molecule is CN[n+]1ccc(SCC2=C(C(=O)OCc3ccc(OC)cc3)N3C(=O)[C@@H](NC(=O)/C(=N\OC4CCCC4)c4csc(N)n4)[C@H]3SC2)cc1. The van der Waals surface area contributed by atoms with Crippen LogP contribution in [0, 0.1) is 0 Å². The van der Waals surface area contributed by atoms with Gasteiger partial charge in [-0.25, -0.2) is 9.78 Å². The molecule has 2 aromatic heterocycles. The first-order chi connectivity index (χ1) is 23.3. The number of carbonyl (C=O) groups is 3. The van der Waals surface area contributed by atoms with Crippen molar-refractivity contribution in [3.63, 3.8) is 0 Å². The highest BCUT2D eigenvalue weighted by Crippen LogP contribution is 2.42. The molecule has 0 spiro atoms. The number of rotatable bonds is 13. The molecule has 0 radical (unpaired) electrons. The van der Waals surface area contributed by atoms with Crippen molar-refractivity contribution in [3.8, 4) is 5.75 Å². The second kappa shape index (κ2) is 15.3. The summed E-state index contributed by atoms with van der Waals surface area (Å²) in [5.74, 6) is 0.0139. The van der Waals surface area contributed by atoms with Crippen LogP contribution in [0.3, 0.4) is 0 Å². The minimum Gasteiger partial charge on any atom is -0.497 e. The molecule has 1 aromatic carbocycles. The summed E-state index contributed by atoms with van der Waals surface area (Å²) in [6, 6.07) is 10.3. The molecule has 1 saturated heterocycles. The minimum atomic E-state index is -0.889. The molecule has 3 aromatic rings. The van der Waals surface area contributed by atoms with Gasteiger partial charge in [0.2, 0.25) is 12.4 Å². The van der Waals surface area contributed by atoms with E-state index in [0.29, 0.717) is 17.3 Å². The van der Waals surface area contributed by atoms with Crippen molar-refractivity contribution in [3.05, 3.63) is 76.7 Å². The number of nitrogens with one attached hydrogen (secondary N) is 2. The van der Waals surface area contributed by atoms with E-state index in [0.717, 1.165) is 41.7 Å². The van der Waals surface area contributed by atoms with Gasteiger partial charge in [0.25, 0.3) is 11.8 Å². The van der Waals surface area contributed by atoms with Crippen LogP contribution in [0.5, 0.6) is 5.75 Å². The average Bonchev–Trinajstić information content (AvgIpc) is 3.80. The van der Waals surface area contributed by atoms with Crippen molar-refractivity contribution in [2.45, 2.75) is 54.7 Å². The van der Waals surface area contributed by atoms with E-state index in [1.165, 1.54) is 28.0 Å². The maximum absolute atomic E-state index is 13.7. The first-order valence-electron chi connectivity index (χ1n) is 15.4. The predicted molar refractivity (Wildman–Crippen MR) is 184 cm³/mol. The third-order valence-corrected chi connectivity index (χ3v) is 11.2. The number of nitrogen functional groups attached to an aromatic ring is 1. The molecule has 4 heterocycles. The third-order valence-electron chi connectivity index (χ3n) is 8.10. The molecule has 252 valence electrons. The van der Waals surface area contributed by atoms with Gasteiger partial charge in [-0.1, -0.05) is 22.0 Å². The van der Waals surface area contributed by atoms with Crippen LogP contribution >= 0.6 is 34.9 Å². The Hall–Kier alpha value is -4.28. The Morgan fingerprint density at radius 2 is 1.92 bits per heavy atom. The maximum Gasteiger partial charge on any atom is 0.355 e. The van der Waals surface area contributed by atoms with E-state index in [1.807, 2.05) is 48.4 Å². The number of benzene rings is 1. The molecule has 2 aliphatic heterocycles. The molecular weight excluding hydrogens is 675 g/mol. The Morgan fingerprint density at radius 3 is 2.58 bits per heavy atom. The lowest BCUT2D eigenvalue weighted by Crippen LogP contribution is -2.71. The molecule has 3 aliphatic rings. The van der Waals surface area contributed by atoms with Gasteiger partial charge in [0.15, 0.2) is 10.8 Å². The molecule has 2 fully saturated rings. The van der Waals surface area contributed by atoms with Gasteiger partial charge in [-0.15, -0.1) is 34.9 Å². The number of ether oxygens (including phenoxy) is 2. The summed E-state index contributed by atoms with van der Waals surface area (Å²) in [4.78, 5) is 53.4. The Balaban J connectivity index is 1.20. The monoisotopic (exact) mass is 710 g/mol. The Labute approximate surface area is 290 Å². The number of esters is 1. The number of nitrogens with zero attached hydrogens (tertiary/aromatic N) is 4. The van der Waals surface area contributed by atoms with E-state index in [-0.39, 0.29) is 34.9 Å². The zero-order valence-electron chi connectivity index (χ0n) is 26.4. The van der Waals surface area contributed by atoms with Crippen LogP contribution < -0.4 is 25.9 Å². The van der Waals surface area contributed by atoms with Crippen LogP contribution in [0.15, 0.2) is 75.5 Å². The van der Waals surface area contributed by atoms with Gasteiger partial charge in [-0.05, 0) is 49.0 Å². The standard InChI is InChI=1S/C32H35N7O6S3/c1-34-38-13-11-23(12-14-38)46-16-20-17-47-30-26(29(41)39(30)27(20)31(42)44-15-19-7-9-21(43-2)10-8-19)36-28(40)25(24-18-48-32(33)35-24)37-45-22-5-3-4-6-22/h7-14,18,22,26,30,34H,3-6,15-17H2,1-2H3,(H2-,33,35,36,40)/p+1/b37-25-/t26-,30-/m1/s1. The summed E-state index contributed by atoms with van der Waals surface area (Å²) in [5.41, 5.74) is 10.9. The van der Waals surface area contributed by atoms with Gasteiger partial charge in [-0.2, -0.15) is 5.43 Å². The summed E-state index contributed by atoms with van der Waals surface area (Å²) in [6.45, 7) is 0.0209. The fraction of sp³-hybridized carbons (Fsp3) is 0.375. The first kappa shape index (κ1) is 33.6. The molecule has 1 saturated carbocycles. The number of thioether (sulfide) groups is 2. The van der Waals surface area contributed by atoms with Gasteiger partial charge in [0.05, 0.1) is 14.2 Å². The molecule has 0 bridgehead atoms. The van der Waals surface area contributed by atoms with Crippen LogP contribution in [-0.4, -0.2) is 76.6 Å². The number of hydrogen-bond acceptors (Lipinski definition) is 13. The zero-order valence-corrected chi connectivity index (χ0v) is 28.9. The lowest BCUT2D eigenvalue weighted by Gasteiger charge is -2.49. The fourth-order valence-corrected chi connectivity index (χ4v) is 8.40. The summed E-state index contributed by atoms with van der Waals surface area (Å²) in [7, 11) is 3.41. The van der Waals surface area contributed by atoms with Gasteiger partial charge in [0.1, 0.15) is 41.3 Å². The Bertz CT molecular complexity index is 1710. The number of amides is 2. The number of anilines is 1. The van der Waals surface area contributed by atoms with Crippen molar-refractivity contribution < 1.29 is 33.4 Å². The lowest BCUT2D eigenvalue weighted by molar-refractivity contribution is -0.647. The van der Waals surface area contributed by atoms with E-state index in [1.54, 1.807) is 36.4 Å². The maximum atomic E-state index is 13.7. The van der Waals surface area contributed by atoms with E-state index in [9.17, 15) is 14.4 Å². The van der Waals surface area contributed by atoms with E-state index >= 15 is 0 Å². The molecule has 13 nitrogen and oxygen atoms in total. The number of pyridine rings is 1. The molecule has 48 heavy (non-hydrogen) atoms. The van der Waals surface area contributed by atoms with Crippen LogP contribution in [0.1, 0.15) is 36.9 Å². The highest BCUT2D eigenvalue weighted by atomic mass is 32.2. The molecule has 2 atom stereocenters. The van der Waals surface area contributed by atoms with Crippen LogP contribution in [-0.2, 0) is 30.6 Å². The Morgan fingerprint density at radius 1 is 1.17 bits per heavy atom. The number of fused-ring (bicyclic) bond motifs is 1. The number of thiazole rings is 1. The normalized spacial score (nSPS) is 19.4. The van der Waals surface area contributed by atoms with Gasteiger partial charge in [-0.3, -0.25) is 14.5 Å². The summed E-state index contributed by atoms with van der Waals surface area (Å²) >= 11 is 4.22. The fourth-order valence-electron chi connectivity index (χ4n) is 5.48. The van der Waals surface area contributed by atoms with Crippen LogP contribution in [0.25, 0.3) is 0 Å². The lowest BCUT2D eigenvalue weighted by atomic mass is 10.0. The number of hydrogen-bond donors (Lipinski definition) is 3. The molecule has 6 rings (SSSR count). The van der Waals surface area contributed by atoms with Crippen molar-refractivity contribution >= 4 is 63.5 Å². The number of carbonyl (C=O) groups excluding carboxylic acids is 3. The van der Waals surface area contributed by atoms with E-state index in [4.69, 9.17) is 20.0 Å². The van der Waals surface area contributed by atoms with Gasteiger partial charge >= 0.3 is 5.97 Å². The highest BCUT2D eigenvalue weighted by molar-refractivity contribution is 8.01. The number of oxime groups is 1. The number of aromatic nitrogens is 2. The quantitative estimate of drug-likeness (QED) is 0.0598. The van der Waals surface area contributed by atoms with Crippen molar-refractivity contribution in [2.75, 3.05) is 36.8 Å². The van der Waals surface area contributed by atoms with Crippen LogP contribution in [0.2, 0.25) is 0 Å². The molecule has 16 heteroatoms. The van der Waals surface area contributed by atoms with Gasteiger partial charge < -0.3 is 25.4 Å². The highest BCUT2D eigenvalue weighted by Gasteiger charge is 2.54. The first-order valence-corrected chi connectivity index (χ1v) is 18.3. The topological polar surface area (TPSA) is 161 Å². The van der Waals surface area contributed by atoms with Crippen molar-refractivity contribution in [1.29, 1.82) is 0 Å². The number of methoxy groups -OCH3 is 1. The minimum absolute atomic E-state index is 0.0209. The van der Waals surface area contributed by atoms with E-state index in [2.05, 4.69) is 20.9 Å². The summed E-state index contributed by atoms with van der Waals surface area (Å²) in [6.07, 6.45) is 7.51. The predicted octanol–water partition coefficient (Wildman–Crippen LogP) is 3.05. The second-order valence-corrected chi connectivity index (χ2v) is 14.3. The van der Waals surface area contributed by atoms with Crippen molar-refractivity contribution in [1.82, 2.24) is 15.2 Å². The Kier molecular flexibility index (Phi) is 10.7. The summed E-state index contributed by atoms with van der Waals surface area (Å²) < 4.78 is 12.8. The van der Waals surface area contributed by atoms with Gasteiger partial charge in [0, 0.05) is 33.9 Å².